The van der Waals surface area contributed by atoms with E-state index in [1.807, 2.05) is 13.1 Å². The fourth-order valence-corrected chi connectivity index (χ4v) is 6.57. The number of likely N-dealkylation sites (N-methyl/N-ethyl adjacent to an activating group) is 1. The summed E-state index contributed by atoms with van der Waals surface area (Å²) in [6.07, 6.45) is -2.81. The highest BCUT2D eigenvalue weighted by atomic mass is 19.4. The molecule has 1 saturated heterocycles. The first-order valence-corrected chi connectivity index (χ1v) is 15.5. The van der Waals surface area contributed by atoms with Crippen LogP contribution in [-0.4, -0.2) is 83.0 Å². The Hall–Kier alpha value is -4.89. The number of aliphatic carboxylic acids is 1. The van der Waals surface area contributed by atoms with Gasteiger partial charge in [0.05, 0.1) is 18.7 Å². The molecule has 2 N–H and O–H groups in total. The number of hydrogen-bond acceptors (Lipinski definition) is 7. The van der Waals surface area contributed by atoms with Gasteiger partial charge in [0.1, 0.15) is 29.3 Å². The van der Waals surface area contributed by atoms with Crippen molar-refractivity contribution in [3.63, 3.8) is 0 Å². The molecular weight excluding hydrogens is 653 g/mol. The molecule has 49 heavy (non-hydrogen) atoms. The molecule has 15 heteroatoms. The van der Waals surface area contributed by atoms with Crippen molar-refractivity contribution in [2.24, 2.45) is 7.05 Å². The van der Waals surface area contributed by atoms with Gasteiger partial charge in [-0.2, -0.15) is 13.2 Å². The second-order valence-electron chi connectivity index (χ2n) is 12.2. The molecule has 2 aliphatic rings. The fraction of sp³-hybridized carbons (Fsp3) is 0.353. The zero-order valence-corrected chi connectivity index (χ0v) is 26.5. The van der Waals surface area contributed by atoms with E-state index in [-0.39, 0.29) is 25.1 Å². The lowest BCUT2D eigenvalue weighted by Gasteiger charge is -2.38. The lowest BCUT2D eigenvalue weighted by molar-refractivity contribution is -0.167. The van der Waals surface area contributed by atoms with Gasteiger partial charge in [-0.1, -0.05) is 18.2 Å². The first-order chi connectivity index (χ1) is 23.2. The normalized spacial score (nSPS) is 17.5. The number of pyridine rings is 2. The molecule has 6 rings (SSSR count). The second-order valence-corrected chi connectivity index (χ2v) is 12.2. The Kier molecular flexibility index (Phi) is 9.15. The Labute approximate surface area is 276 Å². The monoisotopic (exact) mass is 685 g/mol. The van der Waals surface area contributed by atoms with Crippen LogP contribution in [0, 0.1) is 11.6 Å². The van der Waals surface area contributed by atoms with Crippen molar-refractivity contribution in [1.82, 2.24) is 19.8 Å². The molecule has 2 aromatic carbocycles. The van der Waals surface area contributed by atoms with Gasteiger partial charge in [-0.25, -0.2) is 13.6 Å². The van der Waals surface area contributed by atoms with Crippen molar-refractivity contribution in [3.05, 3.63) is 93.0 Å². The number of halogens is 5. The van der Waals surface area contributed by atoms with E-state index in [4.69, 9.17) is 4.74 Å². The molecule has 1 amide bonds. The average molecular weight is 686 g/mol. The summed E-state index contributed by atoms with van der Waals surface area (Å²) in [6.45, 7) is 0.343. The van der Waals surface area contributed by atoms with Crippen molar-refractivity contribution < 1.29 is 41.4 Å². The van der Waals surface area contributed by atoms with Crippen LogP contribution in [0.5, 0.6) is 0 Å². The summed E-state index contributed by atoms with van der Waals surface area (Å²) in [5, 5.41) is 12.7. The number of carbonyl (C=O) groups is 2. The molecule has 4 aromatic rings. The SMILES string of the molecule is CN1CCc2c(cc(-c3ccc(C[C@H](NC(=O)c4c(F)cc(N5CCOC[C@@H]5C(F)(F)F)cc4F)C(=O)O)c4cccnc34)c(=O)n2C)C1. The van der Waals surface area contributed by atoms with Gasteiger partial charge in [-0.3, -0.25) is 14.6 Å². The van der Waals surface area contributed by atoms with E-state index in [1.54, 1.807) is 35.9 Å². The molecule has 4 heterocycles. The van der Waals surface area contributed by atoms with Gasteiger partial charge in [0.2, 0.25) is 0 Å². The van der Waals surface area contributed by atoms with Gasteiger partial charge < -0.3 is 29.5 Å². The maximum Gasteiger partial charge on any atom is 0.411 e. The van der Waals surface area contributed by atoms with Gasteiger partial charge in [-0.05, 0) is 42.4 Å². The Morgan fingerprint density at radius 2 is 1.82 bits per heavy atom. The molecule has 1 fully saturated rings. The van der Waals surface area contributed by atoms with Crippen LogP contribution in [0.25, 0.3) is 22.0 Å². The summed E-state index contributed by atoms with van der Waals surface area (Å²) in [7, 11) is 3.72. The Balaban J connectivity index is 1.29. The standard InChI is InChI=1S/C34H32F5N5O5/c1-42-9-7-27-19(16-42)12-23(32(46)43(27)2)22-6-5-18(21-4-3-8-40-30(21)22)13-26(33(47)48)41-31(45)29-24(35)14-20(15-25(29)36)44-10-11-49-17-28(44)34(37,38)39/h3-6,8,12,14-15,26,28H,7,9-11,13,16-17H2,1-2H3,(H,41,45)(H,47,48)/t26-,28+/m0/s1. The van der Waals surface area contributed by atoms with Gasteiger partial charge in [0.15, 0.2) is 0 Å². The van der Waals surface area contributed by atoms with Gasteiger partial charge in [0, 0.05) is 73.6 Å². The number of carboxylic acids is 1. The molecule has 2 atom stereocenters. The summed E-state index contributed by atoms with van der Waals surface area (Å²) in [6, 6.07) is 5.85. The highest BCUT2D eigenvalue weighted by molar-refractivity contribution is 5.98. The summed E-state index contributed by atoms with van der Waals surface area (Å²) >= 11 is 0. The topological polar surface area (TPSA) is 117 Å². The smallest absolute Gasteiger partial charge is 0.411 e. The van der Waals surface area contributed by atoms with Crippen LogP contribution in [0.15, 0.2) is 53.5 Å². The molecule has 2 aliphatic heterocycles. The third-order valence-electron chi connectivity index (χ3n) is 9.07. The zero-order chi connectivity index (χ0) is 35.2. The van der Waals surface area contributed by atoms with Gasteiger partial charge in [0.25, 0.3) is 11.5 Å². The number of alkyl halides is 3. The predicted octanol–water partition coefficient (Wildman–Crippen LogP) is 4.06. The average Bonchev–Trinajstić information content (AvgIpc) is 3.05. The third-order valence-corrected chi connectivity index (χ3v) is 9.07. The number of carbonyl (C=O) groups excluding carboxylic acids is 1. The Morgan fingerprint density at radius 1 is 1.08 bits per heavy atom. The molecule has 0 bridgehead atoms. The Morgan fingerprint density at radius 3 is 2.51 bits per heavy atom. The lowest BCUT2D eigenvalue weighted by atomic mass is 9.94. The van der Waals surface area contributed by atoms with Crippen molar-refractivity contribution in [1.29, 1.82) is 0 Å². The number of morpholine rings is 1. The van der Waals surface area contributed by atoms with E-state index < -0.39 is 59.6 Å². The number of fused-ring (bicyclic) bond motifs is 2. The lowest BCUT2D eigenvalue weighted by Crippen LogP contribution is -2.53. The van der Waals surface area contributed by atoms with E-state index >= 15 is 8.78 Å². The third kappa shape index (κ3) is 6.59. The fourth-order valence-electron chi connectivity index (χ4n) is 6.57. The molecular formula is C34H32F5N5O5. The van der Waals surface area contributed by atoms with Crippen LogP contribution in [0.3, 0.4) is 0 Å². The van der Waals surface area contributed by atoms with E-state index in [1.165, 1.54) is 6.20 Å². The number of amides is 1. The number of anilines is 1. The van der Waals surface area contributed by atoms with Crippen molar-refractivity contribution >= 4 is 28.5 Å². The maximum absolute atomic E-state index is 15.2. The van der Waals surface area contributed by atoms with Crippen LogP contribution < -0.4 is 15.8 Å². The first kappa shape index (κ1) is 34.0. The van der Waals surface area contributed by atoms with Crippen molar-refractivity contribution in [2.45, 2.75) is 37.6 Å². The molecule has 0 aliphatic carbocycles. The summed E-state index contributed by atoms with van der Waals surface area (Å²) < 4.78 is 77.6. The van der Waals surface area contributed by atoms with Crippen molar-refractivity contribution in [2.75, 3.05) is 38.3 Å². The zero-order valence-electron chi connectivity index (χ0n) is 26.5. The van der Waals surface area contributed by atoms with Crippen LogP contribution in [0.1, 0.15) is 27.2 Å². The molecule has 0 spiro atoms. The van der Waals surface area contributed by atoms with Gasteiger partial charge in [-0.15, -0.1) is 0 Å². The molecule has 10 nitrogen and oxygen atoms in total. The number of benzene rings is 2. The van der Waals surface area contributed by atoms with Crippen LogP contribution in [0.4, 0.5) is 27.6 Å². The molecule has 0 radical (unpaired) electrons. The van der Waals surface area contributed by atoms with E-state index in [0.29, 0.717) is 46.3 Å². The molecule has 258 valence electrons. The van der Waals surface area contributed by atoms with E-state index in [0.717, 1.165) is 29.1 Å². The summed E-state index contributed by atoms with van der Waals surface area (Å²) in [5.74, 6) is -5.81. The van der Waals surface area contributed by atoms with Crippen LogP contribution in [-0.2, 0) is 36.0 Å². The highest BCUT2D eigenvalue weighted by Crippen LogP contribution is 2.33. The number of hydrogen-bond donors (Lipinski definition) is 2. The first-order valence-electron chi connectivity index (χ1n) is 15.5. The van der Waals surface area contributed by atoms with Crippen LogP contribution >= 0.6 is 0 Å². The summed E-state index contributed by atoms with van der Waals surface area (Å²) in [5.41, 5.74) is 1.97. The highest BCUT2D eigenvalue weighted by Gasteiger charge is 2.46. The minimum atomic E-state index is -4.75. The molecule has 2 aromatic heterocycles. The maximum atomic E-state index is 15.2. The van der Waals surface area contributed by atoms with Crippen LogP contribution in [0.2, 0.25) is 0 Å². The van der Waals surface area contributed by atoms with Gasteiger partial charge >= 0.3 is 12.1 Å². The number of carboxylic acid groups (broad SMARTS) is 1. The number of rotatable bonds is 7. The van der Waals surface area contributed by atoms with Crippen molar-refractivity contribution in [3.8, 4) is 11.1 Å². The van der Waals surface area contributed by atoms with E-state index in [9.17, 15) is 32.7 Å². The van der Waals surface area contributed by atoms with E-state index in [2.05, 4.69) is 15.2 Å². The quantitative estimate of drug-likeness (QED) is 0.280. The number of ether oxygens (including phenoxy) is 1. The Bertz CT molecular complexity index is 1990. The predicted molar refractivity (Wildman–Crippen MR) is 169 cm³/mol. The summed E-state index contributed by atoms with van der Waals surface area (Å²) in [4.78, 5) is 46.3. The largest absolute Gasteiger partial charge is 0.480 e. The molecule has 0 saturated carbocycles. The number of aromatic nitrogens is 2. The minimum absolute atomic E-state index is 0.106. The minimum Gasteiger partial charge on any atom is -0.480 e. The number of nitrogens with zero attached hydrogens (tertiary/aromatic N) is 4. The second kappa shape index (κ2) is 13.2. The molecule has 0 unspecified atom stereocenters. The number of nitrogens with one attached hydrogen (secondary N) is 1.